The first-order valence-electron chi connectivity index (χ1n) is 14.1. The van der Waals surface area contributed by atoms with Crippen molar-refractivity contribution in [2.45, 2.75) is 63.5 Å². The molecular formula is C30H41N3O3+2. The lowest BCUT2D eigenvalue weighted by Gasteiger charge is -2.46. The summed E-state index contributed by atoms with van der Waals surface area (Å²) in [4.78, 5) is 16.9. The van der Waals surface area contributed by atoms with E-state index in [9.17, 15) is 4.79 Å². The van der Waals surface area contributed by atoms with Gasteiger partial charge in [0.1, 0.15) is 17.9 Å². The van der Waals surface area contributed by atoms with Crippen molar-refractivity contribution in [3.63, 3.8) is 0 Å². The topological polar surface area (TPSA) is 72.0 Å². The smallest absolute Gasteiger partial charge is 0.233 e. The number of hydrogen-bond acceptors (Lipinski definition) is 3. The fraction of sp³-hybridized carbons (Fsp3) is 0.567. The first kappa shape index (κ1) is 23.8. The summed E-state index contributed by atoms with van der Waals surface area (Å²) >= 11 is 0. The number of carbonyl (C=O) groups excluding carboxylic acids is 1. The summed E-state index contributed by atoms with van der Waals surface area (Å²) in [7, 11) is 0. The molecule has 6 nitrogen and oxygen atoms in total. The normalized spacial score (nSPS) is 29.1. The van der Waals surface area contributed by atoms with E-state index in [4.69, 9.17) is 9.47 Å². The predicted molar refractivity (Wildman–Crippen MR) is 138 cm³/mol. The molecule has 36 heavy (non-hydrogen) atoms. The number of nitrogens with zero attached hydrogens (tertiary/aromatic N) is 1. The lowest BCUT2D eigenvalue weighted by molar-refractivity contribution is -0.691. The van der Waals surface area contributed by atoms with Crippen LogP contribution in [0.25, 0.3) is 0 Å². The van der Waals surface area contributed by atoms with E-state index in [0.29, 0.717) is 30.6 Å². The van der Waals surface area contributed by atoms with Crippen molar-refractivity contribution in [3.05, 3.63) is 59.2 Å². The quantitative estimate of drug-likeness (QED) is 0.673. The maximum atomic E-state index is 14.5. The molecule has 0 saturated carbocycles. The third kappa shape index (κ3) is 3.81. The molecule has 6 heteroatoms. The third-order valence-electron chi connectivity index (χ3n) is 9.70. The molecule has 0 unspecified atom stereocenters. The Kier molecular flexibility index (Phi) is 6.42. The third-order valence-corrected chi connectivity index (χ3v) is 9.70. The predicted octanol–water partition coefficient (Wildman–Crippen LogP) is 2.13. The van der Waals surface area contributed by atoms with Crippen molar-refractivity contribution in [2.75, 3.05) is 33.0 Å². The maximum Gasteiger partial charge on any atom is 0.233 e. The molecular weight excluding hydrogens is 450 g/mol. The standard InChI is InChI=1S/C30H39N3O3/c1-3-20(4-2)26-14-22(21-8-6-5-7-9-21)12-13-33(26)29(34)25-16-32-18-30(25)17-31-15-23-24(30)10-11-27-28(23)36-19-35-27/h5-11,20,22,25-26,31-32H,3-4,12-19H2,1-2H3/p+2/t22-,25+,26+,30+/m1/s1. The van der Waals surface area contributed by atoms with Gasteiger partial charge in [-0.2, -0.15) is 0 Å². The monoisotopic (exact) mass is 491 g/mol. The van der Waals surface area contributed by atoms with Gasteiger partial charge < -0.3 is 25.0 Å². The lowest BCUT2D eigenvalue weighted by Crippen LogP contribution is -2.91. The van der Waals surface area contributed by atoms with Crippen molar-refractivity contribution in [2.24, 2.45) is 11.8 Å². The van der Waals surface area contributed by atoms with E-state index in [1.54, 1.807) is 0 Å². The average molecular weight is 492 g/mol. The molecule has 4 N–H and O–H groups in total. The molecule has 2 fully saturated rings. The largest absolute Gasteiger partial charge is 0.454 e. The number of quaternary nitrogens is 2. The highest BCUT2D eigenvalue weighted by Gasteiger charge is 2.57. The van der Waals surface area contributed by atoms with Crippen LogP contribution >= 0.6 is 0 Å². The molecule has 4 aliphatic rings. The average Bonchev–Trinajstić information content (AvgIpc) is 3.58. The van der Waals surface area contributed by atoms with Crippen LogP contribution in [0, 0.1) is 11.8 Å². The van der Waals surface area contributed by atoms with Gasteiger partial charge in [-0.3, -0.25) is 4.79 Å². The fourth-order valence-electron chi connectivity index (χ4n) is 7.80. The Hall–Kier alpha value is -2.57. The summed E-state index contributed by atoms with van der Waals surface area (Å²) in [5, 5.41) is 4.75. The maximum absolute atomic E-state index is 14.5. The van der Waals surface area contributed by atoms with Crippen LogP contribution in [0.5, 0.6) is 11.5 Å². The van der Waals surface area contributed by atoms with Crippen LogP contribution in [-0.2, 0) is 16.8 Å². The second kappa shape index (κ2) is 9.71. The number of nitrogens with two attached hydrogens (primary N) is 2. The number of likely N-dealkylation sites (tertiary alicyclic amines) is 1. The van der Waals surface area contributed by atoms with Gasteiger partial charge in [0, 0.05) is 12.6 Å². The van der Waals surface area contributed by atoms with Gasteiger partial charge >= 0.3 is 0 Å². The van der Waals surface area contributed by atoms with E-state index in [1.165, 1.54) is 16.7 Å². The van der Waals surface area contributed by atoms with E-state index in [2.05, 4.69) is 71.8 Å². The summed E-state index contributed by atoms with van der Waals surface area (Å²) in [5.74, 6) is 3.21. The Morgan fingerprint density at radius 2 is 1.89 bits per heavy atom. The van der Waals surface area contributed by atoms with Gasteiger partial charge in [0.2, 0.25) is 12.7 Å². The van der Waals surface area contributed by atoms with E-state index in [1.807, 2.05) is 0 Å². The molecule has 0 aliphatic carbocycles. The molecule has 4 aliphatic heterocycles. The molecule has 0 bridgehead atoms. The SMILES string of the molecule is CCC(CC)[C@@H]1C[C@H](c2ccccc2)CCN1C(=O)[C@@H]1C[NH2+]C[C@]12C[NH2+]Cc1c2ccc2c1OCO2. The molecule has 2 saturated heterocycles. The molecule has 4 atom stereocenters. The Labute approximate surface area is 214 Å². The summed E-state index contributed by atoms with van der Waals surface area (Å²) in [6.07, 6.45) is 4.37. The summed E-state index contributed by atoms with van der Waals surface area (Å²) in [6, 6.07) is 15.6. The Morgan fingerprint density at radius 1 is 1.08 bits per heavy atom. The number of piperidine rings is 1. The fourth-order valence-corrected chi connectivity index (χ4v) is 7.80. The van der Waals surface area contributed by atoms with Crippen LogP contribution in [0.2, 0.25) is 0 Å². The first-order valence-corrected chi connectivity index (χ1v) is 14.1. The van der Waals surface area contributed by atoms with Crippen LogP contribution in [0.3, 0.4) is 0 Å². The first-order chi connectivity index (χ1) is 17.7. The van der Waals surface area contributed by atoms with Crippen molar-refractivity contribution < 1.29 is 24.9 Å². The molecule has 0 aromatic heterocycles. The molecule has 1 amide bonds. The summed E-state index contributed by atoms with van der Waals surface area (Å²) in [5.41, 5.74) is 3.84. The van der Waals surface area contributed by atoms with Gasteiger partial charge in [0.15, 0.2) is 11.5 Å². The van der Waals surface area contributed by atoms with Crippen LogP contribution in [0.4, 0.5) is 0 Å². The number of fused-ring (bicyclic) bond motifs is 4. The molecule has 192 valence electrons. The van der Waals surface area contributed by atoms with Crippen LogP contribution in [0.15, 0.2) is 42.5 Å². The molecule has 1 spiro atoms. The Bertz CT molecular complexity index is 1100. The summed E-state index contributed by atoms with van der Waals surface area (Å²) < 4.78 is 11.6. The second-order valence-corrected chi connectivity index (χ2v) is 11.3. The molecule has 6 rings (SSSR count). The van der Waals surface area contributed by atoms with Crippen LogP contribution < -0.4 is 20.1 Å². The van der Waals surface area contributed by atoms with Crippen LogP contribution in [0.1, 0.15) is 62.1 Å². The highest BCUT2D eigenvalue weighted by Crippen LogP contribution is 2.46. The Morgan fingerprint density at radius 3 is 2.69 bits per heavy atom. The van der Waals surface area contributed by atoms with Gasteiger partial charge in [-0.1, -0.05) is 63.1 Å². The van der Waals surface area contributed by atoms with Crippen LogP contribution in [-0.4, -0.2) is 49.8 Å². The number of hydrogen-bond donors (Lipinski definition) is 2. The van der Waals surface area contributed by atoms with Gasteiger partial charge in [-0.05, 0) is 41.9 Å². The van der Waals surface area contributed by atoms with Crippen molar-refractivity contribution in [1.82, 2.24) is 4.90 Å². The minimum Gasteiger partial charge on any atom is -0.454 e. The summed E-state index contributed by atoms with van der Waals surface area (Å²) in [6.45, 7) is 9.43. The number of rotatable bonds is 5. The van der Waals surface area contributed by atoms with E-state index in [0.717, 1.165) is 69.9 Å². The van der Waals surface area contributed by atoms with Crippen molar-refractivity contribution in [3.8, 4) is 11.5 Å². The second-order valence-electron chi connectivity index (χ2n) is 11.3. The highest BCUT2D eigenvalue weighted by molar-refractivity contribution is 5.82. The number of amides is 1. The lowest BCUT2D eigenvalue weighted by atomic mass is 9.67. The minimum absolute atomic E-state index is 0.00157. The van der Waals surface area contributed by atoms with Crippen molar-refractivity contribution in [1.29, 1.82) is 0 Å². The number of benzene rings is 2. The zero-order valence-corrected chi connectivity index (χ0v) is 21.7. The molecule has 4 heterocycles. The Balaban J connectivity index is 1.32. The minimum atomic E-state index is -0.152. The highest BCUT2D eigenvalue weighted by atomic mass is 16.7. The number of ether oxygens (including phenoxy) is 2. The van der Waals surface area contributed by atoms with Gasteiger partial charge in [-0.25, -0.2) is 0 Å². The van der Waals surface area contributed by atoms with Gasteiger partial charge in [0.05, 0.1) is 25.2 Å². The molecule has 2 aromatic carbocycles. The molecule has 0 radical (unpaired) electrons. The van der Waals surface area contributed by atoms with E-state index < -0.39 is 0 Å². The van der Waals surface area contributed by atoms with Crippen molar-refractivity contribution >= 4 is 5.91 Å². The zero-order valence-electron chi connectivity index (χ0n) is 21.7. The zero-order chi connectivity index (χ0) is 24.7. The number of carbonyl (C=O) groups is 1. The van der Waals surface area contributed by atoms with Gasteiger partial charge in [-0.15, -0.1) is 0 Å². The van der Waals surface area contributed by atoms with E-state index in [-0.39, 0.29) is 11.3 Å². The van der Waals surface area contributed by atoms with E-state index >= 15 is 0 Å². The molecule has 2 aromatic rings. The van der Waals surface area contributed by atoms with Gasteiger partial charge in [0.25, 0.3) is 0 Å².